The van der Waals surface area contributed by atoms with Crippen LogP contribution in [0.5, 0.6) is 0 Å². The molecule has 0 saturated heterocycles. The highest BCUT2D eigenvalue weighted by atomic mass is 32.2. The lowest BCUT2D eigenvalue weighted by atomic mass is 10.2. The Bertz CT molecular complexity index is 1220. The molecule has 1 aliphatic heterocycles. The van der Waals surface area contributed by atoms with Gasteiger partial charge in [-0.2, -0.15) is 13.2 Å². The van der Waals surface area contributed by atoms with E-state index in [1.54, 1.807) is 36.4 Å². The Morgan fingerprint density at radius 1 is 0.844 bits per heavy atom. The molecule has 4 nitrogen and oxygen atoms in total. The fourth-order valence-corrected chi connectivity index (χ4v) is 4.19. The molecule has 0 spiro atoms. The number of benzene rings is 3. The number of hydrogen-bond acceptors (Lipinski definition) is 4. The summed E-state index contributed by atoms with van der Waals surface area (Å²) in [7, 11) is 0. The van der Waals surface area contributed by atoms with Gasteiger partial charge in [0.2, 0.25) is 0 Å². The van der Waals surface area contributed by atoms with Crippen molar-refractivity contribution in [3.63, 3.8) is 0 Å². The van der Waals surface area contributed by atoms with E-state index in [1.807, 2.05) is 25.1 Å². The van der Waals surface area contributed by atoms with Crippen molar-refractivity contribution in [1.29, 1.82) is 0 Å². The fraction of sp³-hybridized carbons (Fsp3) is 0.0833. The minimum atomic E-state index is -4.60. The molecule has 0 fully saturated rings. The number of amides is 2. The summed E-state index contributed by atoms with van der Waals surface area (Å²) in [6, 6.07) is 20.4. The molecule has 1 heterocycles. The largest absolute Gasteiger partial charge is 0.416 e. The number of anilines is 2. The summed E-state index contributed by atoms with van der Waals surface area (Å²) in [5, 5.41) is 3.00. The molecular weight excluding hydrogens is 437 g/mol. The van der Waals surface area contributed by atoms with Crippen molar-refractivity contribution in [2.75, 3.05) is 10.2 Å². The molecule has 0 atom stereocenters. The number of thioether (sulfide) groups is 1. The van der Waals surface area contributed by atoms with Crippen LogP contribution in [0.1, 0.15) is 11.1 Å². The molecule has 162 valence electrons. The Morgan fingerprint density at radius 2 is 1.56 bits per heavy atom. The maximum absolute atomic E-state index is 13.3. The van der Waals surface area contributed by atoms with Crippen LogP contribution in [0.25, 0.3) is 0 Å². The SMILES string of the molecule is Cc1cccc(NC2=C(Sc3ccccc3)C(=O)N(c3cccc(C(F)(F)F)c3)C2=O)c1. The average molecular weight is 454 g/mol. The second-order valence-corrected chi connectivity index (χ2v) is 8.19. The Balaban J connectivity index is 1.76. The molecule has 4 rings (SSSR count). The highest BCUT2D eigenvalue weighted by molar-refractivity contribution is 8.04. The molecule has 32 heavy (non-hydrogen) atoms. The molecule has 0 aliphatic carbocycles. The number of rotatable bonds is 5. The maximum atomic E-state index is 13.3. The Kier molecular flexibility index (Phi) is 5.80. The number of nitrogens with one attached hydrogen (secondary N) is 1. The summed E-state index contributed by atoms with van der Waals surface area (Å²) >= 11 is 1.09. The number of aryl methyl sites for hydroxylation is 1. The van der Waals surface area contributed by atoms with Crippen LogP contribution >= 0.6 is 11.8 Å². The second kappa shape index (κ2) is 8.55. The maximum Gasteiger partial charge on any atom is 0.416 e. The zero-order valence-corrected chi connectivity index (χ0v) is 17.6. The van der Waals surface area contributed by atoms with E-state index in [2.05, 4.69) is 5.32 Å². The van der Waals surface area contributed by atoms with E-state index in [0.29, 0.717) is 5.69 Å². The van der Waals surface area contributed by atoms with Crippen LogP contribution in [0.2, 0.25) is 0 Å². The van der Waals surface area contributed by atoms with E-state index >= 15 is 0 Å². The zero-order chi connectivity index (χ0) is 22.9. The van der Waals surface area contributed by atoms with Crippen molar-refractivity contribution >= 4 is 35.0 Å². The van der Waals surface area contributed by atoms with Gasteiger partial charge < -0.3 is 5.32 Å². The summed E-state index contributed by atoms with van der Waals surface area (Å²) in [5.74, 6) is -1.40. The normalized spacial score (nSPS) is 14.3. The topological polar surface area (TPSA) is 49.4 Å². The lowest BCUT2D eigenvalue weighted by molar-refractivity contribution is -0.137. The number of carbonyl (C=O) groups is 2. The minimum Gasteiger partial charge on any atom is -0.350 e. The van der Waals surface area contributed by atoms with Crippen molar-refractivity contribution in [3.05, 3.63) is 101 Å². The van der Waals surface area contributed by atoms with Crippen LogP contribution < -0.4 is 10.2 Å². The molecule has 3 aromatic carbocycles. The van der Waals surface area contributed by atoms with Crippen LogP contribution in [0.4, 0.5) is 24.5 Å². The smallest absolute Gasteiger partial charge is 0.350 e. The monoisotopic (exact) mass is 454 g/mol. The summed E-state index contributed by atoms with van der Waals surface area (Å²) < 4.78 is 39.6. The average Bonchev–Trinajstić information content (AvgIpc) is 2.98. The van der Waals surface area contributed by atoms with Gasteiger partial charge in [-0.3, -0.25) is 9.59 Å². The van der Waals surface area contributed by atoms with Crippen molar-refractivity contribution in [3.8, 4) is 0 Å². The van der Waals surface area contributed by atoms with E-state index in [9.17, 15) is 22.8 Å². The summed E-state index contributed by atoms with van der Waals surface area (Å²) in [6.45, 7) is 1.88. The molecule has 0 unspecified atom stereocenters. The first-order valence-corrected chi connectivity index (χ1v) is 10.4. The van der Waals surface area contributed by atoms with Gasteiger partial charge in [0.25, 0.3) is 11.8 Å². The van der Waals surface area contributed by atoms with Gasteiger partial charge in [-0.25, -0.2) is 4.90 Å². The molecular formula is C24H17F3N2O2S. The van der Waals surface area contributed by atoms with Crippen LogP contribution in [0, 0.1) is 6.92 Å². The number of imide groups is 1. The highest BCUT2D eigenvalue weighted by Crippen LogP contribution is 2.39. The number of carbonyl (C=O) groups excluding carboxylic acids is 2. The highest BCUT2D eigenvalue weighted by Gasteiger charge is 2.41. The predicted molar refractivity (Wildman–Crippen MR) is 118 cm³/mol. The first-order valence-electron chi connectivity index (χ1n) is 9.61. The number of halogens is 3. The zero-order valence-electron chi connectivity index (χ0n) is 16.8. The summed E-state index contributed by atoms with van der Waals surface area (Å²) in [5.41, 5.74) is 0.486. The van der Waals surface area contributed by atoms with Crippen LogP contribution in [-0.2, 0) is 15.8 Å². The number of alkyl halides is 3. The lowest BCUT2D eigenvalue weighted by Gasteiger charge is -2.17. The van der Waals surface area contributed by atoms with Gasteiger partial charge in [-0.05, 0) is 55.0 Å². The number of nitrogens with zero attached hydrogens (tertiary/aromatic N) is 1. The van der Waals surface area contributed by atoms with Gasteiger partial charge in [0.15, 0.2) is 0 Å². The third-order valence-corrected chi connectivity index (χ3v) is 5.81. The Morgan fingerprint density at radius 3 is 2.25 bits per heavy atom. The first-order chi connectivity index (χ1) is 15.2. The third-order valence-electron chi connectivity index (χ3n) is 4.72. The van der Waals surface area contributed by atoms with Crippen molar-refractivity contribution in [2.45, 2.75) is 18.0 Å². The summed E-state index contributed by atoms with van der Waals surface area (Å²) in [4.78, 5) is 28.1. The van der Waals surface area contributed by atoms with Gasteiger partial charge in [0, 0.05) is 10.6 Å². The standard InChI is InChI=1S/C24H17F3N2O2S/c1-15-7-5-9-17(13-15)28-20-21(32-19-11-3-2-4-12-19)23(31)29(22(20)30)18-10-6-8-16(14-18)24(25,26)27/h2-14,28H,1H3. The summed E-state index contributed by atoms with van der Waals surface area (Å²) in [6.07, 6.45) is -4.60. The van der Waals surface area contributed by atoms with E-state index in [0.717, 1.165) is 39.3 Å². The van der Waals surface area contributed by atoms with Gasteiger partial charge in [-0.1, -0.05) is 48.2 Å². The van der Waals surface area contributed by atoms with Gasteiger partial charge in [0.1, 0.15) is 10.6 Å². The van der Waals surface area contributed by atoms with E-state index in [1.165, 1.54) is 12.1 Å². The van der Waals surface area contributed by atoms with Crippen molar-refractivity contribution in [2.24, 2.45) is 0 Å². The van der Waals surface area contributed by atoms with Crippen LogP contribution in [-0.4, -0.2) is 11.8 Å². The second-order valence-electron chi connectivity index (χ2n) is 7.11. The lowest BCUT2D eigenvalue weighted by Crippen LogP contribution is -2.32. The van der Waals surface area contributed by atoms with Crippen molar-refractivity contribution in [1.82, 2.24) is 0 Å². The molecule has 0 saturated carbocycles. The van der Waals surface area contributed by atoms with Gasteiger partial charge in [0.05, 0.1) is 11.3 Å². The quantitative estimate of drug-likeness (QED) is 0.480. The van der Waals surface area contributed by atoms with Crippen LogP contribution in [0.3, 0.4) is 0 Å². The fourth-order valence-electron chi connectivity index (χ4n) is 3.24. The minimum absolute atomic E-state index is 0.0202. The Hall–Kier alpha value is -3.52. The Labute approximate surface area is 186 Å². The van der Waals surface area contributed by atoms with Crippen LogP contribution in [0.15, 0.2) is 94.4 Å². The number of hydrogen-bond donors (Lipinski definition) is 1. The molecule has 0 radical (unpaired) electrons. The van der Waals surface area contributed by atoms with Gasteiger partial charge in [-0.15, -0.1) is 0 Å². The molecule has 0 bridgehead atoms. The first kappa shape index (κ1) is 21.7. The molecule has 3 aromatic rings. The van der Waals surface area contributed by atoms with Crippen molar-refractivity contribution < 1.29 is 22.8 Å². The molecule has 1 aliphatic rings. The molecule has 0 aromatic heterocycles. The van der Waals surface area contributed by atoms with E-state index < -0.39 is 23.6 Å². The van der Waals surface area contributed by atoms with Gasteiger partial charge >= 0.3 is 6.18 Å². The third kappa shape index (κ3) is 4.40. The molecule has 8 heteroatoms. The van der Waals surface area contributed by atoms with E-state index in [-0.39, 0.29) is 16.3 Å². The van der Waals surface area contributed by atoms with E-state index in [4.69, 9.17) is 0 Å². The molecule has 2 amide bonds. The molecule has 1 N–H and O–H groups in total. The predicted octanol–water partition coefficient (Wildman–Crippen LogP) is 6.00.